The Morgan fingerprint density at radius 3 is 2.74 bits per heavy atom. The predicted molar refractivity (Wildman–Crippen MR) is 93.1 cm³/mol. The monoisotopic (exact) mass is 357 g/mol. The first kappa shape index (κ1) is 18.0. The van der Waals surface area contributed by atoms with E-state index in [1.54, 1.807) is 23.1 Å². The summed E-state index contributed by atoms with van der Waals surface area (Å²) in [5.41, 5.74) is 0.671. The molecule has 23 heavy (non-hydrogen) atoms. The summed E-state index contributed by atoms with van der Waals surface area (Å²) in [7, 11) is 0. The van der Waals surface area contributed by atoms with Crippen LogP contribution < -0.4 is 15.5 Å². The van der Waals surface area contributed by atoms with Crippen LogP contribution in [0.4, 0.5) is 5.69 Å². The zero-order chi connectivity index (χ0) is 16.8. The van der Waals surface area contributed by atoms with Crippen LogP contribution in [0.25, 0.3) is 0 Å². The minimum Gasteiger partial charge on any atom is -0.354 e. The first-order valence-corrected chi connectivity index (χ1v) is 8.55. The molecule has 1 heterocycles. The SMILES string of the molecule is CCCNCCNC(=O)C1CCN(c2ccc(Cl)c(Cl)c2)C1=O. The topological polar surface area (TPSA) is 61.4 Å². The highest BCUT2D eigenvalue weighted by atomic mass is 35.5. The van der Waals surface area contributed by atoms with Gasteiger partial charge in [-0.2, -0.15) is 0 Å². The highest BCUT2D eigenvalue weighted by molar-refractivity contribution is 6.42. The Bertz CT molecular complexity index is 580. The maximum Gasteiger partial charge on any atom is 0.239 e. The van der Waals surface area contributed by atoms with Gasteiger partial charge in [-0.15, -0.1) is 0 Å². The zero-order valence-electron chi connectivity index (χ0n) is 13.1. The summed E-state index contributed by atoms with van der Waals surface area (Å²) in [6, 6.07) is 5.04. The highest BCUT2D eigenvalue weighted by Crippen LogP contribution is 2.31. The van der Waals surface area contributed by atoms with Gasteiger partial charge in [0.1, 0.15) is 5.92 Å². The van der Waals surface area contributed by atoms with Crippen molar-refractivity contribution < 1.29 is 9.59 Å². The summed E-state index contributed by atoms with van der Waals surface area (Å²) in [5.74, 6) is -1.03. The van der Waals surface area contributed by atoms with Crippen LogP contribution in [-0.2, 0) is 9.59 Å². The van der Waals surface area contributed by atoms with E-state index in [1.165, 1.54) is 0 Å². The van der Waals surface area contributed by atoms with Gasteiger partial charge in [-0.1, -0.05) is 30.1 Å². The molecule has 0 bridgehead atoms. The van der Waals surface area contributed by atoms with Gasteiger partial charge >= 0.3 is 0 Å². The number of hydrogen-bond acceptors (Lipinski definition) is 3. The minimum absolute atomic E-state index is 0.192. The molecule has 0 spiro atoms. The van der Waals surface area contributed by atoms with Crippen molar-refractivity contribution in [3.05, 3.63) is 28.2 Å². The van der Waals surface area contributed by atoms with Crippen LogP contribution in [0.3, 0.4) is 0 Å². The average molecular weight is 358 g/mol. The molecule has 126 valence electrons. The molecular formula is C16H21Cl2N3O2. The van der Waals surface area contributed by atoms with Gasteiger partial charge in [-0.05, 0) is 37.6 Å². The number of hydrogen-bond donors (Lipinski definition) is 2. The maximum absolute atomic E-state index is 12.5. The molecule has 1 aliphatic heterocycles. The Morgan fingerprint density at radius 2 is 2.04 bits per heavy atom. The van der Waals surface area contributed by atoms with E-state index < -0.39 is 5.92 Å². The van der Waals surface area contributed by atoms with Gasteiger partial charge in [-0.3, -0.25) is 9.59 Å². The third kappa shape index (κ3) is 4.59. The molecule has 0 radical (unpaired) electrons. The van der Waals surface area contributed by atoms with Gasteiger partial charge < -0.3 is 15.5 Å². The standard InChI is InChI=1S/C16H21Cl2N3O2/c1-2-6-19-7-8-20-15(22)12-5-9-21(16(12)23)11-3-4-13(17)14(18)10-11/h3-4,10,12,19H,2,5-9H2,1H3,(H,20,22). The van der Waals surface area contributed by atoms with Gasteiger partial charge in [0.05, 0.1) is 10.0 Å². The molecule has 0 aromatic heterocycles. The van der Waals surface area contributed by atoms with E-state index in [2.05, 4.69) is 17.6 Å². The van der Waals surface area contributed by atoms with E-state index in [4.69, 9.17) is 23.2 Å². The minimum atomic E-state index is -0.629. The molecule has 2 rings (SSSR count). The number of nitrogens with one attached hydrogen (secondary N) is 2. The van der Waals surface area contributed by atoms with E-state index in [0.717, 1.165) is 13.0 Å². The highest BCUT2D eigenvalue weighted by Gasteiger charge is 2.37. The Morgan fingerprint density at radius 1 is 1.26 bits per heavy atom. The largest absolute Gasteiger partial charge is 0.354 e. The van der Waals surface area contributed by atoms with Crippen LogP contribution in [0, 0.1) is 5.92 Å². The third-order valence-electron chi connectivity index (χ3n) is 3.76. The second-order valence-corrected chi connectivity index (χ2v) is 6.28. The van der Waals surface area contributed by atoms with Gasteiger partial charge in [0.25, 0.3) is 0 Å². The normalized spacial score (nSPS) is 17.6. The van der Waals surface area contributed by atoms with E-state index in [9.17, 15) is 9.59 Å². The van der Waals surface area contributed by atoms with E-state index in [1.807, 2.05) is 0 Å². The lowest BCUT2D eigenvalue weighted by molar-refractivity contribution is -0.132. The van der Waals surface area contributed by atoms with Crippen molar-refractivity contribution in [3.8, 4) is 0 Å². The Balaban J connectivity index is 1.90. The lowest BCUT2D eigenvalue weighted by atomic mass is 10.1. The maximum atomic E-state index is 12.5. The molecule has 2 amide bonds. The molecule has 1 aliphatic rings. The van der Waals surface area contributed by atoms with E-state index >= 15 is 0 Å². The van der Waals surface area contributed by atoms with Gasteiger partial charge in [0, 0.05) is 25.3 Å². The van der Waals surface area contributed by atoms with Crippen molar-refractivity contribution in [1.82, 2.24) is 10.6 Å². The number of carbonyl (C=O) groups is 2. The number of anilines is 1. The van der Waals surface area contributed by atoms with Gasteiger partial charge in [0.2, 0.25) is 11.8 Å². The first-order chi connectivity index (χ1) is 11.0. The number of rotatable bonds is 7. The predicted octanol–water partition coefficient (Wildman–Crippen LogP) is 2.46. The first-order valence-electron chi connectivity index (χ1n) is 7.79. The van der Waals surface area contributed by atoms with Gasteiger partial charge in [0.15, 0.2) is 0 Å². The quantitative estimate of drug-likeness (QED) is 0.582. The van der Waals surface area contributed by atoms with E-state index in [0.29, 0.717) is 41.8 Å². The molecule has 5 nitrogen and oxygen atoms in total. The second-order valence-electron chi connectivity index (χ2n) is 5.47. The molecular weight excluding hydrogens is 337 g/mol. The molecule has 0 aliphatic carbocycles. The average Bonchev–Trinajstić information content (AvgIpc) is 2.91. The molecule has 1 aromatic carbocycles. The van der Waals surface area contributed by atoms with Crippen molar-refractivity contribution in [2.45, 2.75) is 19.8 Å². The van der Waals surface area contributed by atoms with Crippen LogP contribution in [0.5, 0.6) is 0 Å². The molecule has 0 saturated carbocycles. The molecule has 1 aromatic rings. The van der Waals surface area contributed by atoms with Crippen LogP contribution in [-0.4, -0.2) is 38.0 Å². The van der Waals surface area contributed by atoms with Crippen molar-refractivity contribution in [1.29, 1.82) is 0 Å². The number of carbonyl (C=O) groups excluding carboxylic acids is 2. The number of benzene rings is 1. The van der Waals surface area contributed by atoms with Crippen molar-refractivity contribution in [3.63, 3.8) is 0 Å². The fourth-order valence-electron chi connectivity index (χ4n) is 2.53. The summed E-state index contributed by atoms with van der Waals surface area (Å²) in [5, 5.41) is 6.85. The zero-order valence-corrected chi connectivity index (χ0v) is 14.6. The molecule has 1 saturated heterocycles. The van der Waals surface area contributed by atoms with Crippen LogP contribution in [0.1, 0.15) is 19.8 Å². The van der Waals surface area contributed by atoms with E-state index in [-0.39, 0.29) is 11.8 Å². The van der Waals surface area contributed by atoms with Crippen LogP contribution in [0.15, 0.2) is 18.2 Å². The van der Waals surface area contributed by atoms with Crippen LogP contribution in [0.2, 0.25) is 10.0 Å². The summed E-state index contributed by atoms with van der Waals surface area (Å²) in [6.07, 6.45) is 1.56. The smallest absolute Gasteiger partial charge is 0.239 e. The van der Waals surface area contributed by atoms with Crippen LogP contribution >= 0.6 is 23.2 Å². The fraction of sp³-hybridized carbons (Fsp3) is 0.500. The molecule has 1 atom stereocenters. The molecule has 7 heteroatoms. The molecule has 1 fully saturated rings. The fourth-order valence-corrected chi connectivity index (χ4v) is 2.82. The third-order valence-corrected chi connectivity index (χ3v) is 4.50. The Labute approximate surface area is 146 Å². The number of halogens is 2. The molecule has 2 N–H and O–H groups in total. The number of amides is 2. The lowest BCUT2D eigenvalue weighted by Crippen LogP contribution is -2.39. The van der Waals surface area contributed by atoms with Gasteiger partial charge in [-0.25, -0.2) is 0 Å². The summed E-state index contributed by atoms with van der Waals surface area (Å²) < 4.78 is 0. The second kappa shape index (κ2) is 8.52. The number of nitrogens with zero attached hydrogens (tertiary/aromatic N) is 1. The van der Waals surface area contributed by atoms with Crippen molar-refractivity contribution in [2.24, 2.45) is 5.92 Å². The summed E-state index contributed by atoms with van der Waals surface area (Å²) >= 11 is 11.9. The summed E-state index contributed by atoms with van der Waals surface area (Å²) in [4.78, 5) is 26.2. The van der Waals surface area contributed by atoms with Crippen molar-refractivity contribution >= 4 is 40.7 Å². The lowest BCUT2D eigenvalue weighted by Gasteiger charge is -2.17. The molecule has 1 unspecified atom stereocenters. The Hall–Kier alpha value is -1.30. The summed E-state index contributed by atoms with van der Waals surface area (Å²) in [6.45, 7) is 4.74. The van der Waals surface area contributed by atoms with Crippen molar-refractivity contribution in [2.75, 3.05) is 31.1 Å². The Kier molecular flexibility index (Phi) is 6.69.